The first-order valence-electron chi connectivity index (χ1n) is 14.4. The summed E-state index contributed by atoms with van der Waals surface area (Å²) in [5, 5.41) is 6.51. The minimum absolute atomic E-state index is 0.0371. The predicted molar refractivity (Wildman–Crippen MR) is 187 cm³/mol. The van der Waals surface area contributed by atoms with E-state index in [1.54, 1.807) is 70.2 Å². The van der Waals surface area contributed by atoms with E-state index in [0.717, 1.165) is 0 Å². The molecule has 0 aromatic heterocycles. The number of carbonyl (C=O) groups excluding carboxylic acids is 4. The number of nitrogens with one attached hydrogen (secondary N) is 2. The van der Waals surface area contributed by atoms with Gasteiger partial charge in [-0.15, -0.1) is 23.2 Å². The van der Waals surface area contributed by atoms with Crippen LogP contribution < -0.4 is 15.5 Å². The zero-order valence-corrected chi connectivity index (χ0v) is 29.8. The Morgan fingerprint density at radius 3 is 2.17 bits per heavy atom. The molecule has 0 heterocycles. The summed E-state index contributed by atoms with van der Waals surface area (Å²) in [5.41, 5.74) is 1.82. The summed E-state index contributed by atoms with van der Waals surface area (Å²) in [5.74, 6) is -2.82. The number of nitrogens with zero attached hydrogens (tertiary/aromatic N) is 1. The number of anilines is 3. The van der Waals surface area contributed by atoms with E-state index in [-0.39, 0.29) is 23.7 Å². The van der Waals surface area contributed by atoms with Gasteiger partial charge in [0.15, 0.2) is 0 Å². The van der Waals surface area contributed by atoms with E-state index in [1.165, 1.54) is 24.0 Å². The van der Waals surface area contributed by atoms with Crippen LogP contribution in [0.25, 0.3) is 0 Å². The Hall–Kier alpha value is -3.21. The van der Waals surface area contributed by atoms with Gasteiger partial charge < -0.3 is 20.1 Å². The van der Waals surface area contributed by atoms with Gasteiger partial charge in [-0.3, -0.25) is 19.3 Å². The average molecular weight is 744 g/mol. The molecule has 14 heteroatoms. The summed E-state index contributed by atoms with van der Waals surface area (Å²) < 4.78 is 9.18. The molecule has 1 saturated carbocycles. The molecular weight excluding hydrogens is 712 g/mol. The fourth-order valence-electron chi connectivity index (χ4n) is 4.89. The molecule has 4 rings (SSSR count). The maximum atomic E-state index is 13.4. The summed E-state index contributed by atoms with van der Waals surface area (Å²) in [6.07, 6.45) is -0.624. The van der Waals surface area contributed by atoms with Crippen LogP contribution in [0.2, 0.25) is 15.1 Å². The maximum absolute atomic E-state index is 13.4. The molecule has 2 atom stereocenters. The van der Waals surface area contributed by atoms with Crippen LogP contribution in [-0.2, 0) is 19.1 Å². The average Bonchev–Trinajstić information content (AvgIpc) is 3.53. The number of alkyl halides is 2. The molecule has 0 bridgehead atoms. The molecule has 0 saturated heterocycles. The molecular formula is C33H32Cl5N3O6. The lowest BCUT2D eigenvalue weighted by Crippen LogP contribution is -2.39. The van der Waals surface area contributed by atoms with Crippen molar-refractivity contribution in [1.29, 1.82) is 0 Å². The minimum atomic E-state index is -1.38. The highest BCUT2D eigenvalue weighted by atomic mass is 35.5. The Morgan fingerprint density at radius 1 is 0.915 bits per heavy atom. The topological polar surface area (TPSA) is 114 Å². The number of aryl methyl sites for hydroxylation is 1. The van der Waals surface area contributed by atoms with Crippen molar-refractivity contribution in [1.82, 2.24) is 0 Å². The predicted octanol–water partition coefficient (Wildman–Crippen LogP) is 9.04. The lowest BCUT2D eigenvalue weighted by molar-refractivity contribution is -0.140. The second-order valence-corrected chi connectivity index (χ2v) is 14.7. The second kappa shape index (κ2) is 14.5. The van der Waals surface area contributed by atoms with E-state index in [1.807, 2.05) is 0 Å². The van der Waals surface area contributed by atoms with Gasteiger partial charge in [0.05, 0.1) is 23.0 Å². The molecule has 9 nitrogen and oxygen atoms in total. The third kappa shape index (κ3) is 9.24. The standard InChI is InChI=1S/C33H32Cl5N3O6/c1-17-12-23(41(10-11-46-18(2)42)31(45)47-32(3,4)5)7-9-26(17)40-29(43)24-16-22(6-8-25(24)36)39-30(44)28-27(33(28,37)38)19-13-20(34)15-21(35)14-19/h6-9,12-16,27-28H,10-11H2,1-5H3,(H,39,44)(H,40,43). The van der Waals surface area contributed by atoms with Crippen LogP contribution in [0, 0.1) is 12.8 Å². The molecule has 3 aromatic rings. The van der Waals surface area contributed by atoms with Crippen molar-refractivity contribution < 1.29 is 28.7 Å². The molecule has 1 aliphatic rings. The lowest BCUT2D eigenvalue weighted by atomic mass is 10.1. The van der Waals surface area contributed by atoms with Crippen molar-refractivity contribution in [3.8, 4) is 0 Å². The van der Waals surface area contributed by atoms with Gasteiger partial charge in [-0.1, -0.05) is 34.8 Å². The van der Waals surface area contributed by atoms with E-state index in [2.05, 4.69) is 10.6 Å². The fraction of sp³-hybridized carbons (Fsp3) is 0.333. The molecule has 0 aliphatic heterocycles. The van der Waals surface area contributed by atoms with Gasteiger partial charge in [0.25, 0.3) is 5.91 Å². The Labute approximate surface area is 297 Å². The molecule has 1 aliphatic carbocycles. The van der Waals surface area contributed by atoms with E-state index in [9.17, 15) is 19.2 Å². The lowest BCUT2D eigenvalue weighted by Gasteiger charge is -2.28. The Morgan fingerprint density at radius 2 is 1.57 bits per heavy atom. The first kappa shape index (κ1) is 36.6. The number of carbonyl (C=O) groups is 4. The van der Waals surface area contributed by atoms with Crippen LogP contribution in [0.5, 0.6) is 0 Å². The molecule has 47 heavy (non-hydrogen) atoms. The zero-order valence-electron chi connectivity index (χ0n) is 26.1. The highest BCUT2D eigenvalue weighted by Crippen LogP contribution is 2.65. The van der Waals surface area contributed by atoms with Gasteiger partial charge in [-0.2, -0.15) is 0 Å². The zero-order chi connectivity index (χ0) is 34.8. The number of hydrogen-bond donors (Lipinski definition) is 2. The highest BCUT2D eigenvalue weighted by Gasteiger charge is 2.67. The van der Waals surface area contributed by atoms with E-state index >= 15 is 0 Å². The molecule has 0 spiro atoms. The Kier molecular flexibility index (Phi) is 11.3. The number of benzene rings is 3. The van der Waals surface area contributed by atoms with Crippen molar-refractivity contribution in [3.05, 3.63) is 86.4 Å². The largest absolute Gasteiger partial charge is 0.464 e. The molecule has 250 valence electrons. The van der Waals surface area contributed by atoms with Crippen LogP contribution in [0.3, 0.4) is 0 Å². The SMILES string of the molecule is CC(=O)OCCN(C(=O)OC(C)(C)C)c1ccc(NC(=O)c2cc(NC(=O)C3C(c4cc(Cl)cc(Cl)c4)C3(Cl)Cl)ccc2Cl)c(C)c1. The first-order chi connectivity index (χ1) is 21.9. The van der Waals surface area contributed by atoms with Gasteiger partial charge >= 0.3 is 12.1 Å². The quantitative estimate of drug-likeness (QED) is 0.167. The molecule has 3 amide bonds. The van der Waals surface area contributed by atoms with Crippen LogP contribution >= 0.6 is 58.0 Å². The van der Waals surface area contributed by atoms with E-state index in [4.69, 9.17) is 67.5 Å². The number of esters is 1. The fourth-order valence-corrected chi connectivity index (χ4v) is 6.46. The second-order valence-electron chi connectivity index (χ2n) is 11.9. The smallest absolute Gasteiger partial charge is 0.414 e. The minimum Gasteiger partial charge on any atom is -0.464 e. The van der Waals surface area contributed by atoms with Gasteiger partial charge in [-0.05, 0) is 93.4 Å². The van der Waals surface area contributed by atoms with E-state index in [0.29, 0.717) is 38.2 Å². The van der Waals surface area contributed by atoms with Crippen LogP contribution in [0.15, 0.2) is 54.6 Å². The summed E-state index contributed by atoms with van der Waals surface area (Å²) in [4.78, 5) is 52.2. The molecule has 0 radical (unpaired) electrons. The van der Waals surface area contributed by atoms with Gasteiger partial charge in [0, 0.05) is 39.9 Å². The number of halogens is 5. The molecule has 2 unspecified atom stereocenters. The third-order valence-corrected chi connectivity index (χ3v) is 8.77. The van der Waals surface area contributed by atoms with Gasteiger partial charge in [0.1, 0.15) is 16.5 Å². The third-order valence-electron chi connectivity index (χ3n) is 7.06. The Balaban J connectivity index is 1.49. The molecule has 2 N–H and O–H groups in total. The Bertz CT molecular complexity index is 1700. The molecule has 3 aromatic carbocycles. The number of amides is 3. The van der Waals surface area contributed by atoms with Crippen LogP contribution in [0.4, 0.5) is 21.9 Å². The van der Waals surface area contributed by atoms with Crippen LogP contribution in [0.1, 0.15) is 55.1 Å². The monoisotopic (exact) mass is 741 g/mol. The van der Waals surface area contributed by atoms with Crippen molar-refractivity contribution in [2.45, 2.75) is 50.5 Å². The highest BCUT2D eigenvalue weighted by molar-refractivity contribution is 6.53. The normalized spacial score (nSPS) is 16.6. The van der Waals surface area contributed by atoms with Crippen molar-refractivity contribution >= 4 is 98.9 Å². The van der Waals surface area contributed by atoms with E-state index < -0.39 is 45.6 Å². The van der Waals surface area contributed by atoms with Gasteiger partial charge in [-0.25, -0.2) is 4.79 Å². The van der Waals surface area contributed by atoms with Crippen molar-refractivity contribution in [2.24, 2.45) is 5.92 Å². The first-order valence-corrected chi connectivity index (χ1v) is 16.3. The summed E-state index contributed by atoms with van der Waals surface area (Å²) in [6.45, 7) is 8.28. The molecule has 1 fully saturated rings. The number of rotatable bonds is 9. The maximum Gasteiger partial charge on any atom is 0.414 e. The summed E-state index contributed by atoms with van der Waals surface area (Å²) in [7, 11) is 0. The van der Waals surface area contributed by atoms with Crippen molar-refractivity contribution in [3.63, 3.8) is 0 Å². The summed E-state index contributed by atoms with van der Waals surface area (Å²) in [6, 6.07) is 14.3. The number of hydrogen-bond acceptors (Lipinski definition) is 6. The van der Waals surface area contributed by atoms with Crippen molar-refractivity contribution in [2.75, 3.05) is 28.7 Å². The van der Waals surface area contributed by atoms with Gasteiger partial charge in [0.2, 0.25) is 5.91 Å². The van der Waals surface area contributed by atoms with Crippen LogP contribution in [-0.4, -0.2) is 47.0 Å². The summed E-state index contributed by atoms with van der Waals surface area (Å²) >= 11 is 31.6. The number of ether oxygens (including phenoxy) is 2.